The van der Waals surface area contributed by atoms with Crippen molar-refractivity contribution in [1.29, 1.82) is 0 Å². The Hall–Kier alpha value is -1.46. The standard InChI is InChI=1S/C14H21N3O2/c1-19-10-9-17(11-12-5-4-8-15-12)14(18)13-6-2-3-7-16-13/h2-3,6-7,12,15H,4-5,8-11H2,1H3. The van der Waals surface area contributed by atoms with E-state index in [1.807, 2.05) is 17.0 Å². The topological polar surface area (TPSA) is 54.5 Å². The molecule has 1 amide bonds. The number of nitrogens with zero attached hydrogens (tertiary/aromatic N) is 2. The number of pyridine rings is 1. The molecule has 1 fully saturated rings. The summed E-state index contributed by atoms with van der Waals surface area (Å²) in [6.07, 6.45) is 3.95. The van der Waals surface area contributed by atoms with E-state index in [0.29, 0.717) is 24.9 Å². The molecule has 0 bridgehead atoms. The fourth-order valence-corrected chi connectivity index (χ4v) is 2.31. The van der Waals surface area contributed by atoms with E-state index in [4.69, 9.17) is 4.74 Å². The molecule has 1 aromatic rings. The lowest BCUT2D eigenvalue weighted by Gasteiger charge is -2.25. The second-order valence-electron chi connectivity index (χ2n) is 4.75. The zero-order valence-electron chi connectivity index (χ0n) is 11.3. The number of hydrogen-bond donors (Lipinski definition) is 1. The normalized spacial score (nSPS) is 18.5. The molecule has 2 heterocycles. The molecule has 5 heteroatoms. The Labute approximate surface area is 114 Å². The van der Waals surface area contributed by atoms with E-state index in [0.717, 1.165) is 19.5 Å². The number of amides is 1. The van der Waals surface area contributed by atoms with Gasteiger partial charge in [0.2, 0.25) is 0 Å². The van der Waals surface area contributed by atoms with Gasteiger partial charge in [0.05, 0.1) is 6.61 Å². The molecule has 1 atom stereocenters. The molecule has 0 spiro atoms. The van der Waals surface area contributed by atoms with E-state index < -0.39 is 0 Å². The molecule has 1 unspecified atom stereocenters. The number of rotatable bonds is 6. The van der Waals surface area contributed by atoms with Crippen LogP contribution in [0.4, 0.5) is 0 Å². The average Bonchev–Trinajstić information content (AvgIpc) is 2.96. The molecule has 5 nitrogen and oxygen atoms in total. The van der Waals surface area contributed by atoms with Gasteiger partial charge in [-0.15, -0.1) is 0 Å². The molecule has 1 aromatic heterocycles. The van der Waals surface area contributed by atoms with Crippen LogP contribution in [-0.4, -0.2) is 55.2 Å². The zero-order valence-corrected chi connectivity index (χ0v) is 11.3. The molecule has 1 aliphatic rings. The monoisotopic (exact) mass is 263 g/mol. The van der Waals surface area contributed by atoms with Crippen LogP contribution in [0.2, 0.25) is 0 Å². The summed E-state index contributed by atoms with van der Waals surface area (Å²) >= 11 is 0. The minimum Gasteiger partial charge on any atom is -0.383 e. The lowest BCUT2D eigenvalue weighted by molar-refractivity contribution is 0.0673. The first-order chi connectivity index (χ1) is 9.31. The Morgan fingerprint density at radius 2 is 2.47 bits per heavy atom. The lowest BCUT2D eigenvalue weighted by Crippen LogP contribution is -2.42. The van der Waals surface area contributed by atoms with Crippen molar-refractivity contribution in [3.8, 4) is 0 Å². The van der Waals surface area contributed by atoms with Crippen LogP contribution >= 0.6 is 0 Å². The van der Waals surface area contributed by atoms with Gasteiger partial charge in [-0.25, -0.2) is 0 Å². The number of carbonyl (C=O) groups is 1. The molecule has 1 aliphatic heterocycles. The van der Waals surface area contributed by atoms with Crippen molar-refractivity contribution in [3.05, 3.63) is 30.1 Å². The van der Waals surface area contributed by atoms with E-state index in [2.05, 4.69) is 10.3 Å². The fraction of sp³-hybridized carbons (Fsp3) is 0.571. The summed E-state index contributed by atoms with van der Waals surface area (Å²) in [6.45, 7) is 2.91. The first-order valence-electron chi connectivity index (χ1n) is 6.74. The maximum atomic E-state index is 12.4. The minimum atomic E-state index is -0.0219. The highest BCUT2D eigenvalue weighted by Gasteiger charge is 2.22. The zero-order chi connectivity index (χ0) is 13.5. The van der Waals surface area contributed by atoms with Crippen LogP contribution in [0.15, 0.2) is 24.4 Å². The van der Waals surface area contributed by atoms with Gasteiger partial charge in [-0.1, -0.05) is 6.07 Å². The van der Waals surface area contributed by atoms with Gasteiger partial charge in [0.25, 0.3) is 5.91 Å². The summed E-state index contributed by atoms with van der Waals surface area (Å²) in [5.41, 5.74) is 0.497. The molecule has 2 rings (SSSR count). The number of hydrogen-bond acceptors (Lipinski definition) is 4. The van der Waals surface area contributed by atoms with Crippen LogP contribution in [0, 0.1) is 0 Å². The Morgan fingerprint density at radius 1 is 1.58 bits per heavy atom. The average molecular weight is 263 g/mol. The van der Waals surface area contributed by atoms with Gasteiger partial charge in [-0.05, 0) is 31.5 Å². The van der Waals surface area contributed by atoms with Crippen LogP contribution < -0.4 is 5.32 Å². The van der Waals surface area contributed by atoms with Crippen molar-refractivity contribution in [3.63, 3.8) is 0 Å². The molecular formula is C14H21N3O2. The van der Waals surface area contributed by atoms with Crippen molar-refractivity contribution in [2.45, 2.75) is 18.9 Å². The van der Waals surface area contributed by atoms with Crippen LogP contribution in [0.25, 0.3) is 0 Å². The van der Waals surface area contributed by atoms with E-state index in [1.54, 1.807) is 19.4 Å². The van der Waals surface area contributed by atoms with E-state index in [-0.39, 0.29) is 5.91 Å². The Bertz CT molecular complexity index is 391. The Kier molecular flexibility index (Phi) is 5.30. The highest BCUT2D eigenvalue weighted by Crippen LogP contribution is 2.09. The minimum absolute atomic E-state index is 0.0219. The van der Waals surface area contributed by atoms with Gasteiger partial charge in [-0.2, -0.15) is 0 Å². The fourth-order valence-electron chi connectivity index (χ4n) is 2.31. The summed E-state index contributed by atoms with van der Waals surface area (Å²) in [4.78, 5) is 18.4. The van der Waals surface area contributed by atoms with Crippen molar-refractivity contribution in [2.75, 3.05) is 33.4 Å². The maximum Gasteiger partial charge on any atom is 0.272 e. The summed E-state index contributed by atoms with van der Waals surface area (Å²) in [5, 5.41) is 3.41. The molecule has 0 radical (unpaired) electrons. The molecular weight excluding hydrogens is 242 g/mol. The van der Waals surface area contributed by atoms with Crippen molar-refractivity contribution in [1.82, 2.24) is 15.2 Å². The summed E-state index contributed by atoms with van der Waals surface area (Å²) in [6, 6.07) is 5.80. The number of methoxy groups -OCH3 is 1. The molecule has 0 aliphatic carbocycles. The summed E-state index contributed by atoms with van der Waals surface area (Å²) < 4.78 is 5.09. The molecule has 104 valence electrons. The Morgan fingerprint density at radius 3 is 3.11 bits per heavy atom. The third kappa shape index (κ3) is 4.01. The number of aromatic nitrogens is 1. The number of nitrogens with one attached hydrogen (secondary N) is 1. The van der Waals surface area contributed by atoms with Gasteiger partial charge in [0.15, 0.2) is 0 Å². The van der Waals surface area contributed by atoms with Gasteiger partial charge >= 0.3 is 0 Å². The predicted octanol–water partition coefficient (Wildman–Crippen LogP) is 0.922. The van der Waals surface area contributed by atoms with Gasteiger partial charge in [-0.3, -0.25) is 9.78 Å². The number of ether oxygens (including phenoxy) is 1. The lowest BCUT2D eigenvalue weighted by atomic mass is 10.2. The molecule has 1 N–H and O–H groups in total. The van der Waals surface area contributed by atoms with Crippen molar-refractivity contribution in [2.24, 2.45) is 0 Å². The predicted molar refractivity (Wildman–Crippen MR) is 73.0 cm³/mol. The van der Waals surface area contributed by atoms with Crippen molar-refractivity contribution >= 4 is 5.91 Å². The third-order valence-corrected chi connectivity index (χ3v) is 3.34. The molecule has 0 saturated carbocycles. The first-order valence-corrected chi connectivity index (χ1v) is 6.74. The number of carbonyl (C=O) groups excluding carboxylic acids is 1. The third-order valence-electron chi connectivity index (χ3n) is 3.34. The quantitative estimate of drug-likeness (QED) is 0.829. The summed E-state index contributed by atoms with van der Waals surface area (Å²) in [7, 11) is 1.65. The van der Waals surface area contributed by atoms with Crippen LogP contribution in [0.1, 0.15) is 23.3 Å². The maximum absolute atomic E-state index is 12.4. The van der Waals surface area contributed by atoms with Crippen LogP contribution in [0.5, 0.6) is 0 Å². The van der Waals surface area contributed by atoms with Gasteiger partial charge in [0, 0.05) is 32.4 Å². The van der Waals surface area contributed by atoms with Crippen LogP contribution in [-0.2, 0) is 4.74 Å². The SMILES string of the molecule is COCCN(CC1CCCN1)C(=O)c1ccccn1. The second kappa shape index (κ2) is 7.21. The van der Waals surface area contributed by atoms with Crippen LogP contribution in [0.3, 0.4) is 0 Å². The molecule has 0 aromatic carbocycles. The molecule has 1 saturated heterocycles. The second-order valence-corrected chi connectivity index (χ2v) is 4.75. The first kappa shape index (κ1) is 14.0. The molecule has 19 heavy (non-hydrogen) atoms. The summed E-state index contributed by atoms with van der Waals surface area (Å²) in [5.74, 6) is -0.0219. The van der Waals surface area contributed by atoms with Gasteiger partial charge in [0.1, 0.15) is 5.69 Å². The smallest absolute Gasteiger partial charge is 0.272 e. The largest absolute Gasteiger partial charge is 0.383 e. The van der Waals surface area contributed by atoms with E-state index in [9.17, 15) is 4.79 Å². The highest BCUT2D eigenvalue weighted by atomic mass is 16.5. The van der Waals surface area contributed by atoms with Gasteiger partial charge < -0.3 is 15.0 Å². The van der Waals surface area contributed by atoms with E-state index in [1.165, 1.54) is 6.42 Å². The Balaban J connectivity index is 2.01. The van der Waals surface area contributed by atoms with E-state index >= 15 is 0 Å². The van der Waals surface area contributed by atoms with Crippen molar-refractivity contribution < 1.29 is 9.53 Å². The highest BCUT2D eigenvalue weighted by molar-refractivity contribution is 5.92.